The summed E-state index contributed by atoms with van der Waals surface area (Å²) in [4.78, 5) is 40.7. The van der Waals surface area contributed by atoms with Crippen LogP contribution in [0.15, 0.2) is 84.9 Å². The molecule has 1 aromatic heterocycles. The van der Waals surface area contributed by atoms with Gasteiger partial charge < -0.3 is 10.6 Å². The molecule has 0 saturated carbocycles. The van der Waals surface area contributed by atoms with Gasteiger partial charge in [0.15, 0.2) is 0 Å². The highest BCUT2D eigenvalue weighted by molar-refractivity contribution is 6.02. The van der Waals surface area contributed by atoms with Crippen LogP contribution < -0.4 is 16.0 Å². The number of para-hydroxylation sites is 1. The normalized spacial score (nSPS) is 15.2. The Morgan fingerprint density at radius 3 is 2.22 bits per heavy atom. The molecule has 1 saturated heterocycles. The van der Waals surface area contributed by atoms with Crippen LogP contribution in [0, 0.1) is 12.8 Å². The van der Waals surface area contributed by atoms with E-state index in [9.17, 15) is 14.4 Å². The predicted molar refractivity (Wildman–Crippen MR) is 184 cm³/mol. The number of nitrogens with one attached hydrogen (secondary N) is 3. The first kappa shape index (κ1) is 32.8. The summed E-state index contributed by atoms with van der Waals surface area (Å²) in [5.41, 5.74) is 4.76. The molecule has 2 heterocycles. The number of aryl methyl sites for hydroxylation is 1. The van der Waals surface area contributed by atoms with E-state index in [4.69, 9.17) is 5.10 Å². The minimum atomic E-state index is -0.569. The van der Waals surface area contributed by atoms with E-state index in [0.29, 0.717) is 11.5 Å². The van der Waals surface area contributed by atoms with Gasteiger partial charge in [-0.3, -0.25) is 14.9 Å². The van der Waals surface area contributed by atoms with Gasteiger partial charge in [-0.15, -0.1) is 0 Å². The minimum absolute atomic E-state index is 0.00947. The van der Waals surface area contributed by atoms with E-state index in [1.807, 2.05) is 91.9 Å². The minimum Gasteiger partial charge on any atom is -0.317 e. The number of nitrogens with zero attached hydrogens (tertiary/aromatic N) is 2. The second-order valence-corrected chi connectivity index (χ2v) is 13.4. The molecule has 2 atom stereocenters. The summed E-state index contributed by atoms with van der Waals surface area (Å²) < 4.78 is 1.75. The van der Waals surface area contributed by atoms with Crippen molar-refractivity contribution < 1.29 is 14.4 Å². The molecule has 8 nitrogen and oxygen atoms in total. The molecule has 2 amide bonds. The van der Waals surface area contributed by atoms with Crippen LogP contribution in [-0.4, -0.2) is 40.5 Å². The van der Waals surface area contributed by atoms with Gasteiger partial charge in [0.25, 0.3) is 0 Å². The van der Waals surface area contributed by atoms with Gasteiger partial charge in [-0.05, 0) is 75.0 Å². The molecule has 0 spiro atoms. The molecule has 46 heavy (non-hydrogen) atoms. The molecular formula is C38H45N5O3. The van der Waals surface area contributed by atoms with Crippen molar-refractivity contribution in [1.82, 2.24) is 15.1 Å². The molecule has 8 heteroatoms. The van der Waals surface area contributed by atoms with Crippen molar-refractivity contribution in [3.05, 3.63) is 107 Å². The molecular weight excluding hydrogens is 574 g/mol. The molecule has 2 unspecified atom stereocenters. The van der Waals surface area contributed by atoms with Gasteiger partial charge in [0.05, 0.1) is 17.3 Å². The van der Waals surface area contributed by atoms with Crippen LogP contribution in [0.1, 0.15) is 81.2 Å². The SMILES string of the molecule is CC(=O)CC(C(=O)C(c1ccccc1NC(=O)Nc1cc(C(C)(C)C)nn1-c1ccc(C)cc1)C1CCNCC1)c1ccccc1. The number of benzene rings is 3. The van der Waals surface area contributed by atoms with E-state index in [2.05, 4.69) is 36.7 Å². The molecule has 4 aromatic rings. The number of aromatic nitrogens is 2. The van der Waals surface area contributed by atoms with Crippen LogP contribution >= 0.6 is 0 Å². The molecule has 1 aliphatic rings. The maximum Gasteiger partial charge on any atom is 0.324 e. The van der Waals surface area contributed by atoms with E-state index < -0.39 is 17.9 Å². The number of carbonyl (C=O) groups is 3. The van der Waals surface area contributed by atoms with Gasteiger partial charge in [-0.2, -0.15) is 5.10 Å². The Balaban J connectivity index is 1.48. The number of hydrogen-bond acceptors (Lipinski definition) is 5. The van der Waals surface area contributed by atoms with Gasteiger partial charge in [-0.25, -0.2) is 9.48 Å². The average molecular weight is 620 g/mol. The maximum atomic E-state index is 14.6. The molecule has 3 N–H and O–H groups in total. The van der Waals surface area contributed by atoms with E-state index >= 15 is 0 Å². The summed E-state index contributed by atoms with van der Waals surface area (Å²) in [6.45, 7) is 11.4. The van der Waals surface area contributed by atoms with Crippen LogP contribution in [-0.2, 0) is 15.0 Å². The lowest BCUT2D eigenvalue weighted by Gasteiger charge is -2.33. The standard InChI is InChI=1S/C38H45N5O3/c1-25-15-17-29(18-16-25)43-34(24-33(42-43)38(3,4)5)41-37(46)40-32-14-10-9-13-30(32)35(28-19-21-39-22-20-28)36(45)31(23-26(2)44)27-11-7-6-8-12-27/h6-18,24,28,31,35,39H,19-23H2,1-5H3,(H2,40,41,46). The summed E-state index contributed by atoms with van der Waals surface area (Å²) in [5.74, 6) is -0.475. The molecule has 0 bridgehead atoms. The number of amides is 2. The highest BCUT2D eigenvalue weighted by Gasteiger charge is 2.37. The van der Waals surface area contributed by atoms with E-state index in [0.717, 1.165) is 54.0 Å². The van der Waals surface area contributed by atoms with Gasteiger partial charge in [0.2, 0.25) is 0 Å². The van der Waals surface area contributed by atoms with Crippen LogP contribution in [0.5, 0.6) is 0 Å². The number of hydrogen-bond donors (Lipinski definition) is 3. The molecule has 3 aromatic carbocycles. The number of Topliss-reactive ketones (excluding diaryl/α,β-unsaturated/α-hetero) is 2. The summed E-state index contributed by atoms with van der Waals surface area (Å²) in [6, 6.07) is 26.6. The molecule has 5 rings (SSSR count). The molecule has 0 radical (unpaired) electrons. The highest BCUT2D eigenvalue weighted by atomic mass is 16.2. The van der Waals surface area contributed by atoms with Crippen molar-refractivity contribution in [3.8, 4) is 5.69 Å². The number of piperidine rings is 1. The monoisotopic (exact) mass is 619 g/mol. The quantitative estimate of drug-likeness (QED) is 0.170. The second kappa shape index (κ2) is 14.3. The second-order valence-electron chi connectivity index (χ2n) is 13.4. The zero-order valence-electron chi connectivity index (χ0n) is 27.5. The topological polar surface area (TPSA) is 105 Å². The van der Waals surface area contributed by atoms with Gasteiger partial charge in [-0.1, -0.05) is 87.0 Å². The summed E-state index contributed by atoms with van der Waals surface area (Å²) in [6.07, 6.45) is 1.78. The van der Waals surface area contributed by atoms with Crippen LogP contribution in [0.25, 0.3) is 5.69 Å². The van der Waals surface area contributed by atoms with Crippen LogP contribution in [0.2, 0.25) is 0 Å². The smallest absolute Gasteiger partial charge is 0.317 e. The Labute approximate surface area is 272 Å². The van der Waals surface area contributed by atoms with Gasteiger partial charge in [0.1, 0.15) is 17.4 Å². The largest absolute Gasteiger partial charge is 0.324 e. The number of rotatable bonds is 10. The average Bonchev–Trinajstić information content (AvgIpc) is 3.46. The number of urea groups is 1. The molecule has 240 valence electrons. The zero-order valence-corrected chi connectivity index (χ0v) is 27.5. The first-order chi connectivity index (χ1) is 22.0. The lowest BCUT2D eigenvalue weighted by Crippen LogP contribution is -2.36. The maximum absolute atomic E-state index is 14.6. The molecule has 0 aliphatic carbocycles. The Kier molecular flexibility index (Phi) is 10.2. The van der Waals surface area contributed by atoms with Gasteiger partial charge >= 0.3 is 6.03 Å². The summed E-state index contributed by atoms with van der Waals surface area (Å²) in [7, 11) is 0. The Hall–Kier alpha value is -4.56. The number of anilines is 2. The Morgan fingerprint density at radius 2 is 1.57 bits per heavy atom. The van der Waals surface area contributed by atoms with E-state index in [1.54, 1.807) is 4.68 Å². The number of ketones is 2. The lowest BCUT2D eigenvalue weighted by atomic mass is 9.72. The van der Waals surface area contributed by atoms with Crippen LogP contribution in [0.4, 0.5) is 16.3 Å². The van der Waals surface area contributed by atoms with Gasteiger partial charge in [0, 0.05) is 29.5 Å². The van der Waals surface area contributed by atoms with Crippen molar-refractivity contribution in [2.24, 2.45) is 5.92 Å². The predicted octanol–water partition coefficient (Wildman–Crippen LogP) is 7.54. The van der Waals surface area contributed by atoms with Crippen molar-refractivity contribution >= 4 is 29.1 Å². The third-order valence-electron chi connectivity index (χ3n) is 8.74. The zero-order chi connectivity index (χ0) is 32.8. The van der Waals surface area contributed by atoms with E-state index in [-0.39, 0.29) is 29.3 Å². The summed E-state index contributed by atoms with van der Waals surface area (Å²) >= 11 is 0. The first-order valence-electron chi connectivity index (χ1n) is 16.1. The molecule has 1 fully saturated rings. The van der Waals surface area contributed by atoms with Crippen molar-refractivity contribution in [2.45, 2.75) is 71.1 Å². The summed E-state index contributed by atoms with van der Waals surface area (Å²) in [5, 5.41) is 14.3. The molecule has 1 aliphatic heterocycles. The highest BCUT2D eigenvalue weighted by Crippen LogP contribution is 2.40. The Bertz CT molecular complexity index is 1660. The van der Waals surface area contributed by atoms with Crippen LogP contribution in [0.3, 0.4) is 0 Å². The van der Waals surface area contributed by atoms with Crippen molar-refractivity contribution in [2.75, 3.05) is 23.7 Å². The van der Waals surface area contributed by atoms with Crippen molar-refractivity contribution in [1.29, 1.82) is 0 Å². The third kappa shape index (κ3) is 7.80. The fourth-order valence-corrected chi connectivity index (χ4v) is 6.26. The number of carbonyl (C=O) groups excluding carboxylic acids is 3. The lowest BCUT2D eigenvalue weighted by molar-refractivity contribution is -0.126. The first-order valence-corrected chi connectivity index (χ1v) is 16.1. The fraction of sp³-hybridized carbons (Fsp3) is 0.368. The van der Waals surface area contributed by atoms with E-state index in [1.165, 1.54) is 6.92 Å². The fourth-order valence-electron chi connectivity index (χ4n) is 6.26. The van der Waals surface area contributed by atoms with Crippen molar-refractivity contribution in [3.63, 3.8) is 0 Å². The Morgan fingerprint density at radius 1 is 0.913 bits per heavy atom. The third-order valence-corrected chi connectivity index (χ3v) is 8.74.